The SMILES string of the molecule is CCCCC/C=C\C[C@H](O)/C=C/C=C/C=C\[C@H](O)CCCC(=O)O[C@H](COC(=O)CCCCCCCCCCCCCCCCCC(C)C)COP(=O)(O)OP(=O)(O)OC[C@H]1O[C@@H](n2ccc(N)nc2=O)[C@H](O)[C@@H]1O. The molecule has 0 amide bonds. The molecule has 0 aromatic carbocycles. The second-order valence-electron chi connectivity index (χ2n) is 19.6. The number of carbonyl (C=O) groups excluding carboxylic acids is 2. The van der Waals surface area contributed by atoms with Crippen molar-refractivity contribution in [1.82, 2.24) is 9.55 Å². The summed E-state index contributed by atoms with van der Waals surface area (Å²) in [5, 5.41) is 41.4. The van der Waals surface area contributed by atoms with Crippen molar-refractivity contribution in [2.24, 2.45) is 5.92 Å². The highest BCUT2D eigenvalue weighted by atomic mass is 31.3. The van der Waals surface area contributed by atoms with Gasteiger partial charge in [-0.2, -0.15) is 9.29 Å². The van der Waals surface area contributed by atoms with Crippen LogP contribution < -0.4 is 11.4 Å². The van der Waals surface area contributed by atoms with Crippen LogP contribution in [0.2, 0.25) is 0 Å². The first-order valence-electron chi connectivity index (χ1n) is 27.2. The van der Waals surface area contributed by atoms with E-state index < -0.39 is 95.9 Å². The number of ether oxygens (including phenoxy) is 3. The van der Waals surface area contributed by atoms with Crippen LogP contribution in [0.5, 0.6) is 0 Å². The minimum absolute atomic E-state index is 0.0758. The first kappa shape index (κ1) is 67.7. The van der Waals surface area contributed by atoms with Crippen LogP contribution in [0, 0.1) is 5.92 Å². The van der Waals surface area contributed by atoms with E-state index in [4.69, 9.17) is 29.0 Å². The zero-order chi connectivity index (χ0) is 55.3. The van der Waals surface area contributed by atoms with Crippen LogP contribution in [0.1, 0.15) is 188 Å². The molecule has 75 heavy (non-hydrogen) atoms. The summed E-state index contributed by atoms with van der Waals surface area (Å²) in [5.41, 5.74) is 4.57. The number of phosphoric ester groups is 2. The fraction of sp³-hybridized carbons (Fsp3) is 0.736. The number of aromatic nitrogens is 2. The van der Waals surface area contributed by atoms with Gasteiger partial charge in [0, 0.05) is 19.0 Å². The summed E-state index contributed by atoms with van der Waals surface area (Å²) in [7, 11) is -11.0. The highest BCUT2D eigenvalue weighted by molar-refractivity contribution is 7.61. The molecule has 1 aliphatic rings. The molecule has 1 aliphatic heterocycles. The normalized spacial score (nSPS) is 20.1. The Labute approximate surface area is 445 Å². The number of nitrogens with two attached hydrogens (primary N) is 1. The highest BCUT2D eigenvalue weighted by Crippen LogP contribution is 2.60. The van der Waals surface area contributed by atoms with E-state index in [-0.39, 0.29) is 31.5 Å². The van der Waals surface area contributed by atoms with Crippen LogP contribution in [0.25, 0.3) is 0 Å². The Hall–Kier alpha value is -3.36. The quantitative estimate of drug-likeness (QED) is 0.0105. The van der Waals surface area contributed by atoms with Crippen molar-refractivity contribution in [3.05, 3.63) is 71.4 Å². The van der Waals surface area contributed by atoms with E-state index in [2.05, 4.69) is 36.1 Å². The Morgan fingerprint density at radius 3 is 1.91 bits per heavy atom. The van der Waals surface area contributed by atoms with Crippen molar-refractivity contribution < 1.29 is 76.5 Å². The van der Waals surface area contributed by atoms with E-state index >= 15 is 0 Å². The van der Waals surface area contributed by atoms with Crippen LogP contribution in [-0.4, -0.2) is 108 Å². The average Bonchev–Trinajstić information content (AvgIpc) is 3.63. The number of nitrogens with zero attached hydrogens (tertiary/aromatic N) is 2. The van der Waals surface area contributed by atoms with Gasteiger partial charge in [0.1, 0.15) is 30.7 Å². The Kier molecular flexibility index (Phi) is 36.1. The van der Waals surface area contributed by atoms with Crippen LogP contribution in [0.4, 0.5) is 5.82 Å². The van der Waals surface area contributed by atoms with Crippen LogP contribution in [0.3, 0.4) is 0 Å². The standard InChI is InChI=1S/C53H91N3O17P2/c1-4-5-6-7-20-25-31-43(57)32-26-22-23-27-33-44(58)34-29-36-49(60)71-45(39-68-48(59)35-28-21-18-16-14-12-10-8-9-11-13-15-17-19-24-30-42(2)3)40-69-74(64,65)73-75(66,67)70-41-46-50(61)51(62)52(72-46)56-38-37-47(54)55-53(56)63/h20,22-23,25-27,32-33,37-38,42-46,50-52,57-58,61-62H,4-19,21,24,28-31,34-36,39-41H2,1-3H3,(H,64,65)(H,66,67)(H2,54,55,63)/b23-22+,25-20-,32-26+,33-27-/t43-,44-,45+,46+,50+,51+,52+/m0/s1. The van der Waals surface area contributed by atoms with Crippen molar-refractivity contribution in [1.29, 1.82) is 0 Å². The Morgan fingerprint density at radius 2 is 1.31 bits per heavy atom. The summed E-state index contributed by atoms with van der Waals surface area (Å²) in [4.78, 5) is 62.0. The molecule has 430 valence electrons. The number of aliphatic hydroxyl groups excluding tert-OH is 4. The highest BCUT2D eigenvalue weighted by Gasteiger charge is 2.46. The molecule has 1 fully saturated rings. The maximum absolute atomic E-state index is 12.9. The zero-order valence-electron chi connectivity index (χ0n) is 44.7. The number of carbonyl (C=O) groups is 2. The summed E-state index contributed by atoms with van der Waals surface area (Å²) >= 11 is 0. The van der Waals surface area contributed by atoms with Crippen LogP contribution in [0.15, 0.2) is 65.7 Å². The largest absolute Gasteiger partial charge is 0.481 e. The molecule has 8 N–H and O–H groups in total. The van der Waals surface area contributed by atoms with Crippen molar-refractivity contribution >= 4 is 33.4 Å². The first-order chi connectivity index (χ1) is 35.8. The molecule has 20 nitrogen and oxygen atoms in total. The smallest absolute Gasteiger partial charge is 0.462 e. The molecular formula is C53H91N3O17P2. The summed E-state index contributed by atoms with van der Waals surface area (Å²) in [6.45, 7) is 4.20. The topological polar surface area (TPSA) is 306 Å². The summed E-state index contributed by atoms with van der Waals surface area (Å²) in [6.07, 6.45) is 29.5. The van der Waals surface area contributed by atoms with Gasteiger partial charge in [-0.15, -0.1) is 0 Å². The fourth-order valence-electron chi connectivity index (χ4n) is 7.99. The predicted octanol–water partition coefficient (Wildman–Crippen LogP) is 9.53. The summed E-state index contributed by atoms with van der Waals surface area (Å²) in [6, 6.07) is 1.23. The van der Waals surface area contributed by atoms with Crippen molar-refractivity contribution in [2.45, 2.75) is 224 Å². The number of rotatable bonds is 44. The lowest BCUT2D eigenvalue weighted by molar-refractivity contribution is -0.161. The Balaban J connectivity index is 1.84. The molecule has 2 unspecified atom stereocenters. The molecule has 1 aromatic rings. The van der Waals surface area contributed by atoms with E-state index in [1.807, 2.05) is 6.08 Å². The number of allylic oxidation sites excluding steroid dienone is 5. The maximum Gasteiger partial charge on any atom is 0.481 e. The molecule has 0 bridgehead atoms. The molecule has 0 saturated carbocycles. The molecule has 22 heteroatoms. The molecule has 2 heterocycles. The van der Waals surface area contributed by atoms with Gasteiger partial charge < -0.3 is 50.2 Å². The average molecular weight is 1100 g/mol. The summed E-state index contributed by atoms with van der Waals surface area (Å²) < 4.78 is 56.7. The molecule has 0 aliphatic carbocycles. The number of hydrogen-bond acceptors (Lipinski definition) is 17. The second-order valence-corrected chi connectivity index (χ2v) is 22.7. The number of phosphoric acid groups is 2. The third-order valence-electron chi connectivity index (χ3n) is 12.3. The first-order valence-corrected chi connectivity index (χ1v) is 30.2. The number of aliphatic hydroxyl groups is 4. The van der Waals surface area contributed by atoms with Gasteiger partial charge in [-0.3, -0.25) is 23.2 Å². The van der Waals surface area contributed by atoms with Gasteiger partial charge in [-0.25, -0.2) is 13.9 Å². The van der Waals surface area contributed by atoms with Crippen molar-refractivity contribution in [3.8, 4) is 0 Å². The zero-order valence-corrected chi connectivity index (χ0v) is 46.5. The molecule has 9 atom stereocenters. The van der Waals surface area contributed by atoms with Gasteiger partial charge in [0.05, 0.1) is 25.4 Å². The van der Waals surface area contributed by atoms with E-state index in [9.17, 15) is 53.7 Å². The minimum Gasteiger partial charge on any atom is -0.462 e. The lowest BCUT2D eigenvalue weighted by Crippen LogP contribution is -2.36. The number of unbranched alkanes of at least 4 members (excludes halogenated alkanes) is 17. The van der Waals surface area contributed by atoms with Gasteiger partial charge in [0.15, 0.2) is 12.3 Å². The molecule has 2 rings (SSSR count). The number of nitrogen functional groups attached to an aromatic ring is 1. The second kappa shape index (κ2) is 39.9. The number of anilines is 1. The van der Waals surface area contributed by atoms with Crippen molar-refractivity contribution in [2.75, 3.05) is 25.6 Å². The number of esters is 2. The molecule has 0 radical (unpaired) electrons. The van der Waals surface area contributed by atoms with Crippen molar-refractivity contribution in [3.63, 3.8) is 0 Å². The van der Waals surface area contributed by atoms with Gasteiger partial charge in [-0.1, -0.05) is 179 Å². The lowest BCUT2D eigenvalue weighted by atomic mass is 10.0. The van der Waals surface area contributed by atoms with Gasteiger partial charge in [0.25, 0.3) is 0 Å². The van der Waals surface area contributed by atoms with E-state index in [0.29, 0.717) is 12.8 Å². The predicted molar refractivity (Wildman–Crippen MR) is 287 cm³/mol. The van der Waals surface area contributed by atoms with Gasteiger partial charge in [0.2, 0.25) is 0 Å². The van der Waals surface area contributed by atoms with E-state index in [0.717, 1.165) is 61.6 Å². The third-order valence-corrected chi connectivity index (χ3v) is 14.9. The fourth-order valence-corrected chi connectivity index (χ4v) is 10.1. The van der Waals surface area contributed by atoms with Gasteiger partial charge in [-0.05, 0) is 50.5 Å². The number of hydrogen-bond donors (Lipinski definition) is 7. The lowest BCUT2D eigenvalue weighted by Gasteiger charge is -2.21. The maximum atomic E-state index is 12.9. The van der Waals surface area contributed by atoms with Crippen LogP contribution in [-0.2, 0) is 46.3 Å². The van der Waals surface area contributed by atoms with E-state index in [1.54, 1.807) is 30.4 Å². The third kappa shape index (κ3) is 33.5. The van der Waals surface area contributed by atoms with E-state index in [1.165, 1.54) is 89.2 Å². The van der Waals surface area contributed by atoms with Crippen LogP contribution >= 0.6 is 15.6 Å². The summed E-state index contributed by atoms with van der Waals surface area (Å²) in [5.74, 6) is -0.754. The molecule has 1 saturated heterocycles. The Bertz CT molecular complexity index is 2000. The monoisotopic (exact) mass is 1100 g/mol. The molecular weight excluding hydrogens is 1010 g/mol. The van der Waals surface area contributed by atoms with Gasteiger partial charge >= 0.3 is 33.3 Å². The molecule has 1 aromatic heterocycles. The molecule has 0 spiro atoms. The minimum atomic E-state index is -5.49. The Morgan fingerprint density at radius 1 is 0.733 bits per heavy atom.